The van der Waals surface area contributed by atoms with Crippen LogP contribution in [0, 0.1) is 5.92 Å². The summed E-state index contributed by atoms with van der Waals surface area (Å²) in [6, 6.07) is 3.22. The molecule has 0 radical (unpaired) electrons. The van der Waals surface area contributed by atoms with Gasteiger partial charge in [-0.05, 0) is 43.0 Å². The average Bonchev–Trinajstić information content (AvgIpc) is 3.19. The number of alkyl halides is 3. The van der Waals surface area contributed by atoms with Crippen LogP contribution in [-0.4, -0.2) is 26.2 Å². The number of halogens is 3. The van der Waals surface area contributed by atoms with Gasteiger partial charge in [-0.1, -0.05) is 0 Å². The van der Waals surface area contributed by atoms with E-state index in [1.54, 1.807) is 0 Å². The van der Waals surface area contributed by atoms with Crippen LogP contribution < -0.4 is 4.72 Å². The van der Waals surface area contributed by atoms with E-state index in [2.05, 4.69) is 4.72 Å². The Morgan fingerprint density at radius 2 is 1.80 bits per heavy atom. The molecule has 2 rings (SSSR count). The topological polar surface area (TPSA) is 66.4 Å². The van der Waals surface area contributed by atoms with Crippen molar-refractivity contribution in [2.75, 3.05) is 6.54 Å². The van der Waals surface area contributed by atoms with Crippen molar-refractivity contribution >= 4 is 10.0 Å². The normalized spacial score (nSPS) is 18.0. The minimum Gasteiger partial charge on any atom is -0.391 e. The van der Waals surface area contributed by atoms with Crippen LogP contribution in [0.5, 0.6) is 0 Å². The van der Waals surface area contributed by atoms with Gasteiger partial charge in [0, 0.05) is 6.54 Å². The van der Waals surface area contributed by atoms with Crippen LogP contribution in [-0.2, 0) is 16.2 Å². The fraction of sp³-hybridized carbons (Fsp3) is 0.500. The molecule has 8 heteroatoms. The maximum absolute atomic E-state index is 12.4. The lowest BCUT2D eigenvalue weighted by Gasteiger charge is -2.12. The largest absolute Gasteiger partial charge is 0.416 e. The Labute approximate surface area is 114 Å². The second kappa shape index (κ2) is 5.34. The molecule has 1 aliphatic rings. The van der Waals surface area contributed by atoms with Crippen molar-refractivity contribution in [3.8, 4) is 0 Å². The number of nitrogens with one attached hydrogen (secondary N) is 1. The van der Waals surface area contributed by atoms with E-state index in [9.17, 15) is 26.7 Å². The summed E-state index contributed by atoms with van der Waals surface area (Å²) in [6.45, 7) is -0.131. The highest BCUT2D eigenvalue weighted by Gasteiger charge is 2.32. The molecule has 1 fully saturated rings. The van der Waals surface area contributed by atoms with Crippen LogP contribution >= 0.6 is 0 Å². The number of benzene rings is 1. The third-order valence-electron chi connectivity index (χ3n) is 3.14. The Morgan fingerprint density at radius 1 is 1.25 bits per heavy atom. The minimum atomic E-state index is -4.50. The van der Waals surface area contributed by atoms with Gasteiger partial charge < -0.3 is 5.11 Å². The fourth-order valence-corrected chi connectivity index (χ4v) is 2.80. The summed E-state index contributed by atoms with van der Waals surface area (Å²) in [5.41, 5.74) is -0.908. The Bertz CT molecular complexity index is 565. The standard InChI is InChI=1S/C12H14F3NO3S/c13-12(14,15)9-3-5-10(6-4-9)20(18,19)16-7-11(17)8-1-2-8/h3-6,8,11,16-17H,1-2,7H2. The molecule has 0 spiro atoms. The van der Waals surface area contributed by atoms with Crippen molar-refractivity contribution in [3.63, 3.8) is 0 Å². The fourth-order valence-electron chi connectivity index (χ4n) is 1.75. The predicted molar refractivity (Wildman–Crippen MR) is 65.4 cm³/mol. The van der Waals surface area contributed by atoms with Gasteiger partial charge in [-0.2, -0.15) is 13.2 Å². The van der Waals surface area contributed by atoms with Crippen molar-refractivity contribution < 1.29 is 26.7 Å². The quantitative estimate of drug-likeness (QED) is 0.871. The maximum atomic E-state index is 12.4. The summed E-state index contributed by atoms with van der Waals surface area (Å²) in [4.78, 5) is -0.256. The molecule has 0 amide bonds. The first-order valence-corrected chi connectivity index (χ1v) is 7.53. The van der Waals surface area contributed by atoms with Gasteiger partial charge in [0.25, 0.3) is 0 Å². The van der Waals surface area contributed by atoms with Gasteiger partial charge in [-0.3, -0.25) is 0 Å². The lowest BCUT2D eigenvalue weighted by Crippen LogP contribution is -2.33. The highest BCUT2D eigenvalue weighted by Crippen LogP contribution is 2.32. The number of hydrogen-bond donors (Lipinski definition) is 2. The highest BCUT2D eigenvalue weighted by molar-refractivity contribution is 7.89. The molecule has 1 aromatic carbocycles. The molecule has 0 bridgehead atoms. The van der Waals surface area contributed by atoms with Crippen molar-refractivity contribution in [3.05, 3.63) is 29.8 Å². The van der Waals surface area contributed by atoms with E-state index < -0.39 is 27.9 Å². The van der Waals surface area contributed by atoms with Gasteiger partial charge in [0.2, 0.25) is 10.0 Å². The van der Waals surface area contributed by atoms with Gasteiger partial charge in [0.1, 0.15) is 0 Å². The number of hydrogen-bond acceptors (Lipinski definition) is 3. The van der Waals surface area contributed by atoms with E-state index in [0.29, 0.717) is 12.1 Å². The zero-order valence-corrected chi connectivity index (χ0v) is 11.2. The Hall–Kier alpha value is -1.12. The Balaban J connectivity index is 2.05. The minimum absolute atomic E-state index is 0.116. The zero-order valence-electron chi connectivity index (χ0n) is 10.4. The van der Waals surface area contributed by atoms with E-state index in [4.69, 9.17) is 0 Å². The van der Waals surface area contributed by atoms with Gasteiger partial charge in [0.15, 0.2) is 0 Å². The number of sulfonamides is 1. The SMILES string of the molecule is O=S(=O)(NCC(O)C1CC1)c1ccc(C(F)(F)F)cc1. The van der Waals surface area contributed by atoms with Crippen LogP contribution in [0.15, 0.2) is 29.2 Å². The molecule has 1 saturated carbocycles. The first-order chi connectivity index (χ1) is 9.20. The molecule has 1 aromatic rings. The molecule has 1 aliphatic carbocycles. The van der Waals surface area contributed by atoms with Gasteiger partial charge in [-0.15, -0.1) is 0 Å². The average molecular weight is 309 g/mol. The summed E-state index contributed by atoms with van der Waals surface area (Å²) in [6.07, 6.45) is -3.52. The molecule has 1 atom stereocenters. The van der Waals surface area contributed by atoms with Gasteiger partial charge in [0.05, 0.1) is 16.6 Å². The van der Waals surface area contributed by atoms with Crippen LogP contribution in [0.3, 0.4) is 0 Å². The van der Waals surface area contributed by atoms with E-state index in [1.807, 2.05) is 0 Å². The smallest absolute Gasteiger partial charge is 0.391 e. The van der Waals surface area contributed by atoms with Gasteiger partial charge >= 0.3 is 6.18 Å². The first-order valence-electron chi connectivity index (χ1n) is 6.05. The second-order valence-electron chi connectivity index (χ2n) is 4.78. The van der Waals surface area contributed by atoms with E-state index >= 15 is 0 Å². The molecule has 20 heavy (non-hydrogen) atoms. The van der Waals surface area contributed by atoms with Gasteiger partial charge in [-0.25, -0.2) is 13.1 Å². The Morgan fingerprint density at radius 3 is 2.25 bits per heavy atom. The lowest BCUT2D eigenvalue weighted by molar-refractivity contribution is -0.137. The zero-order chi connectivity index (χ0) is 15.0. The van der Waals surface area contributed by atoms with E-state index in [1.165, 1.54) is 0 Å². The van der Waals surface area contributed by atoms with Crippen molar-refractivity contribution in [1.82, 2.24) is 4.72 Å². The maximum Gasteiger partial charge on any atom is 0.416 e. The summed E-state index contributed by atoms with van der Waals surface area (Å²) in [5.74, 6) is 0.116. The third-order valence-corrected chi connectivity index (χ3v) is 4.58. The summed E-state index contributed by atoms with van der Waals surface area (Å²) >= 11 is 0. The molecular formula is C12H14F3NO3S. The van der Waals surface area contributed by atoms with E-state index in [0.717, 1.165) is 25.0 Å². The highest BCUT2D eigenvalue weighted by atomic mass is 32.2. The molecule has 1 unspecified atom stereocenters. The summed E-state index contributed by atoms with van der Waals surface area (Å²) < 4.78 is 63.0. The van der Waals surface area contributed by atoms with Crippen LogP contribution in [0.2, 0.25) is 0 Å². The van der Waals surface area contributed by atoms with Crippen molar-refractivity contribution in [1.29, 1.82) is 0 Å². The molecule has 4 nitrogen and oxygen atoms in total. The lowest BCUT2D eigenvalue weighted by atomic mass is 10.2. The van der Waals surface area contributed by atoms with Crippen LogP contribution in [0.4, 0.5) is 13.2 Å². The second-order valence-corrected chi connectivity index (χ2v) is 6.55. The molecule has 0 heterocycles. The predicted octanol–water partition coefficient (Wildman–Crippen LogP) is 1.75. The third kappa shape index (κ3) is 3.71. The van der Waals surface area contributed by atoms with Crippen molar-refractivity contribution in [2.45, 2.75) is 30.0 Å². The summed E-state index contributed by atoms with van der Waals surface area (Å²) in [5, 5.41) is 9.57. The number of aliphatic hydroxyl groups is 1. The molecular weight excluding hydrogens is 295 g/mol. The molecule has 0 saturated heterocycles. The molecule has 0 aliphatic heterocycles. The van der Waals surface area contributed by atoms with Crippen LogP contribution in [0.25, 0.3) is 0 Å². The number of rotatable bonds is 5. The number of aliphatic hydroxyl groups excluding tert-OH is 1. The molecule has 112 valence electrons. The molecule has 0 aromatic heterocycles. The van der Waals surface area contributed by atoms with E-state index in [-0.39, 0.29) is 17.4 Å². The monoisotopic (exact) mass is 309 g/mol. The van der Waals surface area contributed by atoms with Crippen LogP contribution in [0.1, 0.15) is 18.4 Å². The molecule has 2 N–H and O–H groups in total. The summed E-state index contributed by atoms with van der Waals surface area (Å²) in [7, 11) is -3.90. The first kappa shape index (κ1) is 15.3. The Kier molecular flexibility index (Phi) is 4.08. The van der Waals surface area contributed by atoms with Crippen molar-refractivity contribution in [2.24, 2.45) is 5.92 Å².